The van der Waals surface area contributed by atoms with Crippen LogP contribution in [0.5, 0.6) is 0 Å². The second-order valence-corrected chi connectivity index (χ2v) is 11.9. The fourth-order valence-electron chi connectivity index (χ4n) is 4.08. The van der Waals surface area contributed by atoms with Gasteiger partial charge in [-0.2, -0.15) is 0 Å². The van der Waals surface area contributed by atoms with Crippen LogP contribution < -0.4 is 4.72 Å². The van der Waals surface area contributed by atoms with E-state index >= 15 is 0 Å². The zero-order chi connectivity index (χ0) is 25.4. The quantitative estimate of drug-likeness (QED) is 0.285. The molecule has 0 aliphatic carbocycles. The number of aromatic nitrogens is 2. The lowest BCUT2D eigenvalue weighted by Gasteiger charge is -2.51. The van der Waals surface area contributed by atoms with E-state index in [4.69, 9.17) is 0 Å². The molecule has 2 N–H and O–H groups in total. The monoisotopic (exact) mass is 467 g/mol. The number of rotatable bonds is 10. The SMILES string of the molecule is C=C/C(F)=C\C(=C/C)C(NSC(C)(C)C)(c1cncn1C)C(C)(C)CC(C)(C)CO.CC. The second kappa shape index (κ2) is 12.2. The molecule has 1 aromatic heterocycles. The summed E-state index contributed by atoms with van der Waals surface area (Å²) in [5.41, 5.74) is 0.197. The molecule has 6 heteroatoms. The normalized spacial score (nSPS) is 15.7. The van der Waals surface area contributed by atoms with Gasteiger partial charge in [0.2, 0.25) is 0 Å². The van der Waals surface area contributed by atoms with Gasteiger partial charge in [0.1, 0.15) is 5.83 Å². The van der Waals surface area contributed by atoms with Crippen LogP contribution in [0, 0.1) is 10.8 Å². The third-order valence-corrected chi connectivity index (χ3v) is 6.33. The lowest BCUT2D eigenvalue weighted by Crippen LogP contribution is -2.55. The summed E-state index contributed by atoms with van der Waals surface area (Å²) in [6, 6.07) is 0. The molecule has 0 aliphatic rings. The van der Waals surface area contributed by atoms with Crippen molar-refractivity contribution in [2.45, 2.75) is 85.9 Å². The molecule has 1 aromatic rings. The largest absolute Gasteiger partial charge is 0.396 e. The van der Waals surface area contributed by atoms with Crippen LogP contribution in [0.4, 0.5) is 4.39 Å². The molecule has 0 saturated carbocycles. The molecule has 0 radical (unpaired) electrons. The van der Waals surface area contributed by atoms with E-state index in [1.54, 1.807) is 24.4 Å². The van der Waals surface area contributed by atoms with Crippen molar-refractivity contribution < 1.29 is 9.50 Å². The highest BCUT2D eigenvalue weighted by Gasteiger charge is 2.52. The van der Waals surface area contributed by atoms with E-state index in [0.717, 1.165) is 11.3 Å². The molecule has 1 atom stereocenters. The van der Waals surface area contributed by atoms with Crippen molar-refractivity contribution in [1.82, 2.24) is 14.3 Å². The van der Waals surface area contributed by atoms with Crippen LogP contribution in [0.3, 0.4) is 0 Å². The van der Waals surface area contributed by atoms with Crippen molar-refractivity contribution in [1.29, 1.82) is 0 Å². The third-order valence-electron chi connectivity index (χ3n) is 5.31. The molecule has 1 heterocycles. The highest BCUT2D eigenvalue weighted by atomic mass is 32.2. The fourth-order valence-corrected chi connectivity index (χ4v) is 5.04. The first kappa shape index (κ1) is 30.6. The molecule has 1 unspecified atom stereocenters. The zero-order valence-corrected chi connectivity index (χ0v) is 23.0. The Kier molecular flexibility index (Phi) is 11.7. The molecule has 0 spiro atoms. The molecule has 1 rings (SSSR count). The molecular formula is C26H46FN3OS. The Bertz CT molecular complexity index is 787. The van der Waals surface area contributed by atoms with Crippen LogP contribution in [-0.2, 0) is 12.6 Å². The lowest BCUT2D eigenvalue weighted by molar-refractivity contribution is 0.0590. The van der Waals surface area contributed by atoms with Crippen LogP contribution in [0.15, 0.2) is 48.7 Å². The first-order valence-corrected chi connectivity index (χ1v) is 12.2. The standard InChI is InChI=1S/C24H40FN3OS.C2H6/c1-11-18(13-19(25)12-2)24(27-30-21(3,4)5,20-14-26-17-28(20)10)23(8,9)15-22(6,7)16-29;1-2/h11-14,17,27,29H,2,15-16H2,1,3-10H3;1-2H3/b18-11+,19-13+;. The number of nitrogens with zero attached hydrogens (tertiary/aromatic N) is 2. The van der Waals surface area contributed by atoms with Gasteiger partial charge in [-0.3, -0.25) is 0 Å². The van der Waals surface area contributed by atoms with E-state index in [1.165, 1.54) is 6.08 Å². The van der Waals surface area contributed by atoms with Gasteiger partial charge in [-0.15, -0.1) is 0 Å². The van der Waals surface area contributed by atoms with Gasteiger partial charge in [0, 0.05) is 18.4 Å². The Balaban J connectivity index is 0.00000466. The molecule has 0 aromatic carbocycles. The molecule has 0 fully saturated rings. The molecule has 0 aliphatic heterocycles. The van der Waals surface area contributed by atoms with Crippen molar-refractivity contribution >= 4 is 11.9 Å². The molecule has 0 bridgehead atoms. The van der Waals surface area contributed by atoms with Crippen LogP contribution in [0.1, 0.15) is 81.4 Å². The van der Waals surface area contributed by atoms with E-state index in [2.05, 4.69) is 64.8 Å². The van der Waals surface area contributed by atoms with Crippen LogP contribution >= 0.6 is 11.9 Å². The van der Waals surface area contributed by atoms with Crippen molar-refractivity contribution in [3.63, 3.8) is 0 Å². The molecule has 32 heavy (non-hydrogen) atoms. The molecule has 0 saturated heterocycles. The number of hydrogen-bond acceptors (Lipinski definition) is 4. The van der Waals surface area contributed by atoms with Gasteiger partial charge in [-0.1, -0.05) is 66.1 Å². The van der Waals surface area contributed by atoms with Gasteiger partial charge >= 0.3 is 0 Å². The van der Waals surface area contributed by atoms with Crippen molar-refractivity contribution in [3.8, 4) is 0 Å². The minimum absolute atomic E-state index is 0.0618. The van der Waals surface area contributed by atoms with Gasteiger partial charge in [0.05, 0.1) is 23.8 Å². The van der Waals surface area contributed by atoms with E-state index in [1.807, 2.05) is 44.7 Å². The van der Waals surface area contributed by atoms with Gasteiger partial charge in [0.15, 0.2) is 0 Å². The summed E-state index contributed by atoms with van der Waals surface area (Å²) < 4.78 is 20.2. The average molecular weight is 468 g/mol. The van der Waals surface area contributed by atoms with E-state index in [9.17, 15) is 9.50 Å². The predicted molar refractivity (Wildman–Crippen MR) is 139 cm³/mol. The third kappa shape index (κ3) is 7.60. The molecule has 0 amide bonds. The summed E-state index contributed by atoms with van der Waals surface area (Å²) in [6.45, 7) is 24.4. The van der Waals surface area contributed by atoms with Crippen molar-refractivity contribution in [3.05, 3.63) is 54.4 Å². The highest BCUT2D eigenvalue weighted by Crippen LogP contribution is 2.52. The minimum atomic E-state index is -0.780. The summed E-state index contributed by atoms with van der Waals surface area (Å²) >= 11 is 1.61. The van der Waals surface area contributed by atoms with Gasteiger partial charge in [-0.05, 0) is 62.7 Å². The van der Waals surface area contributed by atoms with Crippen LogP contribution in [-0.4, -0.2) is 26.0 Å². The van der Waals surface area contributed by atoms with Crippen molar-refractivity contribution in [2.75, 3.05) is 6.61 Å². The maximum absolute atomic E-state index is 14.5. The number of allylic oxidation sites excluding steroid dienone is 3. The maximum Gasteiger partial charge on any atom is 0.122 e. The Morgan fingerprint density at radius 2 is 1.78 bits per heavy atom. The van der Waals surface area contributed by atoms with E-state index < -0.39 is 16.8 Å². The number of aryl methyl sites for hydroxylation is 1. The second-order valence-electron chi connectivity index (χ2n) is 10.3. The first-order chi connectivity index (χ1) is 14.7. The van der Waals surface area contributed by atoms with E-state index in [-0.39, 0.29) is 16.8 Å². The topological polar surface area (TPSA) is 50.1 Å². The number of aliphatic hydroxyl groups excluding tert-OH is 1. The highest BCUT2D eigenvalue weighted by molar-refractivity contribution is 7.98. The lowest BCUT2D eigenvalue weighted by atomic mass is 9.60. The van der Waals surface area contributed by atoms with Crippen LogP contribution in [0.25, 0.3) is 0 Å². The number of aliphatic hydroxyl groups is 1. The minimum Gasteiger partial charge on any atom is -0.396 e. The Hall–Kier alpha value is -1.37. The van der Waals surface area contributed by atoms with Crippen LogP contribution in [0.2, 0.25) is 0 Å². The smallest absolute Gasteiger partial charge is 0.122 e. The van der Waals surface area contributed by atoms with Crippen molar-refractivity contribution in [2.24, 2.45) is 17.9 Å². The number of hydrogen-bond donors (Lipinski definition) is 2. The first-order valence-electron chi connectivity index (χ1n) is 11.3. The van der Waals surface area contributed by atoms with Gasteiger partial charge < -0.3 is 9.67 Å². The number of halogens is 1. The predicted octanol–water partition coefficient (Wildman–Crippen LogP) is 7.10. The Morgan fingerprint density at radius 3 is 2.16 bits per heavy atom. The summed E-state index contributed by atoms with van der Waals surface area (Å²) in [5, 5.41) is 10.0. The molecule has 184 valence electrons. The number of imidazole rings is 1. The van der Waals surface area contributed by atoms with E-state index in [0.29, 0.717) is 6.42 Å². The summed E-state index contributed by atoms with van der Waals surface area (Å²) in [4.78, 5) is 4.38. The molecular weight excluding hydrogens is 421 g/mol. The van der Waals surface area contributed by atoms with Gasteiger partial charge in [0.25, 0.3) is 0 Å². The Labute approximate surface area is 200 Å². The summed E-state index contributed by atoms with van der Waals surface area (Å²) in [5.74, 6) is -0.394. The average Bonchev–Trinajstić information content (AvgIpc) is 3.13. The maximum atomic E-state index is 14.5. The zero-order valence-electron chi connectivity index (χ0n) is 22.1. The van der Waals surface area contributed by atoms with Gasteiger partial charge in [-0.25, -0.2) is 14.1 Å². The summed E-state index contributed by atoms with van der Waals surface area (Å²) in [6.07, 6.45) is 9.01. The summed E-state index contributed by atoms with van der Waals surface area (Å²) in [7, 11) is 1.95. The number of nitrogens with one attached hydrogen (secondary N) is 1. The molecule has 4 nitrogen and oxygen atoms in total. The fraction of sp³-hybridized carbons (Fsp3) is 0.654. The Morgan fingerprint density at radius 1 is 1.22 bits per heavy atom.